The third-order valence-corrected chi connectivity index (χ3v) is 12.3. The number of hydrogen-bond acceptors (Lipinski definition) is 2. The maximum absolute atomic E-state index is 5.18. The molecule has 8 aromatic carbocycles. The molecule has 3 heteroatoms. The summed E-state index contributed by atoms with van der Waals surface area (Å²) in [7, 11) is 0. The Kier molecular flexibility index (Phi) is 19.1. The average Bonchev–Trinajstić information content (AvgIpc) is 4.01. The number of aromatic nitrogens is 2. The number of nitrogens with zero attached hydrogens (tertiary/aromatic N) is 3. The number of para-hydroxylation sites is 1. The molecular weight excluding hydrogens is 871 g/mol. The van der Waals surface area contributed by atoms with Crippen LogP contribution in [0.5, 0.6) is 0 Å². The molecule has 1 unspecified atom stereocenters. The van der Waals surface area contributed by atoms with Crippen LogP contribution in [0.2, 0.25) is 0 Å². The highest BCUT2D eigenvalue weighted by molar-refractivity contribution is 5.88. The molecule has 11 rings (SSSR count). The van der Waals surface area contributed by atoms with Gasteiger partial charge in [0.1, 0.15) is 5.82 Å². The number of anilines is 3. The van der Waals surface area contributed by atoms with Crippen LogP contribution < -0.4 is 4.90 Å². The third-order valence-electron chi connectivity index (χ3n) is 12.3. The van der Waals surface area contributed by atoms with Gasteiger partial charge in [0.25, 0.3) is 0 Å². The summed E-state index contributed by atoms with van der Waals surface area (Å²) >= 11 is 0. The van der Waals surface area contributed by atoms with Gasteiger partial charge in [-0.2, -0.15) is 0 Å². The van der Waals surface area contributed by atoms with Crippen molar-refractivity contribution in [3.05, 3.63) is 283 Å². The fourth-order valence-corrected chi connectivity index (χ4v) is 9.13. The first-order valence-electron chi connectivity index (χ1n) is 25.7. The van der Waals surface area contributed by atoms with Crippen molar-refractivity contribution in [2.75, 3.05) is 4.90 Å². The first-order chi connectivity index (χ1) is 35.6. The van der Waals surface area contributed by atoms with Gasteiger partial charge in [0.05, 0.1) is 11.0 Å². The Balaban J connectivity index is 0.000000411. The minimum Gasteiger partial charge on any atom is -0.310 e. The molecule has 0 saturated carbocycles. The predicted molar refractivity (Wildman–Crippen MR) is 313 cm³/mol. The second kappa shape index (κ2) is 26.6. The summed E-state index contributed by atoms with van der Waals surface area (Å²) in [6, 6.07) is 73.3. The van der Waals surface area contributed by atoms with E-state index >= 15 is 0 Å². The summed E-state index contributed by atoms with van der Waals surface area (Å²) in [6.07, 6.45) is 21.9. The lowest BCUT2D eigenvalue weighted by Crippen LogP contribution is -2.11. The first kappa shape index (κ1) is 51.6. The number of hydrogen-bond donors (Lipinski definition) is 0. The van der Waals surface area contributed by atoms with E-state index in [1.165, 1.54) is 57.4 Å². The van der Waals surface area contributed by atoms with Crippen molar-refractivity contribution in [3.8, 4) is 39.3 Å². The molecule has 1 atom stereocenters. The molecule has 0 saturated heterocycles. The molecule has 0 spiro atoms. The number of rotatable bonds is 9. The molecule has 9 aromatic rings. The van der Waals surface area contributed by atoms with Gasteiger partial charge in [-0.3, -0.25) is 4.57 Å². The van der Waals surface area contributed by atoms with Crippen LogP contribution in [0.3, 0.4) is 0 Å². The van der Waals surface area contributed by atoms with Crippen LogP contribution in [-0.4, -0.2) is 9.55 Å². The van der Waals surface area contributed by atoms with Crippen molar-refractivity contribution >= 4 is 28.1 Å². The number of benzene rings is 8. The van der Waals surface area contributed by atoms with Gasteiger partial charge >= 0.3 is 0 Å². The average molecular weight is 940 g/mol. The highest BCUT2D eigenvalue weighted by Gasteiger charge is 2.31. The number of imidazole rings is 1. The molecule has 1 heterocycles. The predicted octanol–water partition coefficient (Wildman–Crippen LogP) is 20.0. The highest BCUT2D eigenvalue weighted by atomic mass is 15.1. The maximum atomic E-state index is 5.18. The Morgan fingerprint density at radius 2 is 1.04 bits per heavy atom. The molecule has 1 aromatic heterocycles. The monoisotopic (exact) mass is 940 g/mol. The van der Waals surface area contributed by atoms with Crippen LogP contribution in [0.1, 0.15) is 77.0 Å². The van der Waals surface area contributed by atoms with Crippen LogP contribution in [0.4, 0.5) is 17.1 Å². The number of fused-ring (bicyclic) bond motifs is 4. The zero-order valence-corrected chi connectivity index (χ0v) is 43.2. The summed E-state index contributed by atoms with van der Waals surface area (Å²) in [5.41, 5.74) is 17.6. The van der Waals surface area contributed by atoms with Crippen LogP contribution in [0.25, 0.3) is 50.4 Å². The van der Waals surface area contributed by atoms with E-state index in [1.54, 1.807) is 0 Å². The van der Waals surface area contributed by atoms with E-state index in [1.807, 2.05) is 64.1 Å². The fourth-order valence-electron chi connectivity index (χ4n) is 9.13. The fraction of sp³-hybridized carbons (Fsp3) is 0.145. The molecule has 72 heavy (non-hydrogen) atoms. The Morgan fingerprint density at radius 3 is 1.62 bits per heavy atom. The van der Waals surface area contributed by atoms with E-state index in [4.69, 9.17) is 4.98 Å². The van der Waals surface area contributed by atoms with Crippen LogP contribution in [-0.2, 0) is 0 Å². The van der Waals surface area contributed by atoms with Crippen LogP contribution >= 0.6 is 0 Å². The second-order valence-corrected chi connectivity index (χ2v) is 17.0. The van der Waals surface area contributed by atoms with E-state index in [0.717, 1.165) is 45.2 Å². The van der Waals surface area contributed by atoms with E-state index in [9.17, 15) is 0 Å². The van der Waals surface area contributed by atoms with E-state index < -0.39 is 0 Å². The first-order valence-corrected chi connectivity index (χ1v) is 25.7. The minimum absolute atomic E-state index is 0.118. The van der Waals surface area contributed by atoms with Gasteiger partial charge in [0.2, 0.25) is 0 Å². The molecule has 0 amide bonds. The Bertz CT molecular complexity index is 3190. The van der Waals surface area contributed by atoms with Gasteiger partial charge in [-0.1, -0.05) is 216 Å². The second-order valence-electron chi connectivity index (χ2n) is 17.0. The van der Waals surface area contributed by atoms with Crippen molar-refractivity contribution in [1.82, 2.24) is 9.55 Å². The molecule has 2 aliphatic rings. The van der Waals surface area contributed by atoms with E-state index in [0.29, 0.717) is 0 Å². The van der Waals surface area contributed by atoms with Gasteiger partial charge in [0, 0.05) is 34.2 Å². The van der Waals surface area contributed by atoms with E-state index in [-0.39, 0.29) is 5.92 Å². The smallest absolute Gasteiger partial charge is 0.145 e. The molecule has 0 radical (unpaired) electrons. The SMILES string of the molecule is C1=CCCC=C1.CC.CC.C\C=C/C=C(\C=C/C)C1c2ccccc2-c2ccc(N(c3ccc(-c4ccccc4)cc3)c3ccc(-c4nc5ccc(C)cc5n4-c4ccccc4)cc3)cc21.c1ccccc1. The van der Waals surface area contributed by atoms with Crippen LogP contribution in [0.15, 0.2) is 267 Å². The van der Waals surface area contributed by atoms with Crippen molar-refractivity contribution in [1.29, 1.82) is 0 Å². The molecule has 0 N–H and O–H groups in total. The largest absolute Gasteiger partial charge is 0.310 e. The minimum atomic E-state index is 0.118. The summed E-state index contributed by atoms with van der Waals surface area (Å²) in [6.45, 7) is 14.3. The molecule has 2 aliphatic carbocycles. The zero-order valence-electron chi connectivity index (χ0n) is 43.2. The van der Waals surface area contributed by atoms with Gasteiger partial charge in [-0.05, 0) is 151 Å². The molecular formula is C69H69N3. The van der Waals surface area contributed by atoms with Crippen molar-refractivity contribution in [2.24, 2.45) is 0 Å². The van der Waals surface area contributed by atoms with Crippen molar-refractivity contribution in [2.45, 2.75) is 67.2 Å². The lowest BCUT2D eigenvalue weighted by molar-refractivity contribution is 1.01. The summed E-state index contributed by atoms with van der Waals surface area (Å²) in [5.74, 6) is 1.04. The summed E-state index contributed by atoms with van der Waals surface area (Å²) < 4.78 is 2.28. The molecule has 0 fully saturated rings. The third kappa shape index (κ3) is 12.4. The quantitative estimate of drug-likeness (QED) is 0.134. The molecule has 360 valence electrons. The Labute approximate surface area is 430 Å². The van der Waals surface area contributed by atoms with Gasteiger partial charge in [0.15, 0.2) is 0 Å². The van der Waals surface area contributed by atoms with E-state index in [2.05, 4.69) is 255 Å². The summed E-state index contributed by atoms with van der Waals surface area (Å²) in [5, 5.41) is 0. The zero-order chi connectivity index (χ0) is 50.5. The van der Waals surface area contributed by atoms with Gasteiger partial charge in [-0.25, -0.2) is 4.98 Å². The normalized spacial score (nSPS) is 13.1. The summed E-state index contributed by atoms with van der Waals surface area (Å²) in [4.78, 5) is 7.57. The lowest BCUT2D eigenvalue weighted by atomic mass is 9.88. The van der Waals surface area contributed by atoms with Gasteiger partial charge < -0.3 is 4.90 Å². The lowest BCUT2D eigenvalue weighted by Gasteiger charge is -2.27. The number of aryl methyl sites for hydroxylation is 1. The Morgan fingerprint density at radius 1 is 0.514 bits per heavy atom. The van der Waals surface area contributed by atoms with Crippen molar-refractivity contribution < 1.29 is 0 Å². The highest BCUT2D eigenvalue weighted by Crippen LogP contribution is 2.51. The molecule has 0 bridgehead atoms. The van der Waals surface area contributed by atoms with Gasteiger partial charge in [-0.15, -0.1) is 0 Å². The number of allylic oxidation sites excluding steroid dienone is 10. The van der Waals surface area contributed by atoms with Crippen LogP contribution in [0, 0.1) is 6.92 Å². The molecule has 0 aliphatic heterocycles. The van der Waals surface area contributed by atoms with Crippen molar-refractivity contribution in [3.63, 3.8) is 0 Å². The Hall–Kier alpha value is -8.27. The maximum Gasteiger partial charge on any atom is 0.145 e. The topological polar surface area (TPSA) is 21.1 Å². The molecule has 3 nitrogen and oxygen atoms in total. The standard InChI is InChI=1S/C53H43N3.C6H8.C6H6.2C2H6/c1-4-6-16-40(15-5-2)52-48-22-14-13-21-46(48)47-33-32-45(36-49(47)52)55(43-28-24-39(25-29-43)38-17-9-7-10-18-38)44-30-26-41(27-31-44)53-54-50-34-23-37(3)35-51(50)56(53)42-19-11-8-12-20-42;2*1-2-4-6-5-3-1;2*1-2/h4-36,52H,1-3H3;1-4H,5-6H2;1-6H;2*1-2H3/b6-4-,15-5-,40-16+;;;;.